The molecule has 2 N–H and O–H groups in total. The van der Waals surface area contributed by atoms with Crippen LogP contribution in [0.25, 0.3) is 0 Å². The fourth-order valence-electron chi connectivity index (χ4n) is 1.98. The van der Waals surface area contributed by atoms with Crippen LogP contribution in [-0.2, 0) is 14.8 Å². The van der Waals surface area contributed by atoms with E-state index < -0.39 is 10.0 Å². The van der Waals surface area contributed by atoms with Crippen LogP contribution in [0.3, 0.4) is 0 Å². The van der Waals surface area contributed by atoms with Crippen molar-refractivity contribution in [1.82, 2.24) is 9.29 Å². The van der Waals surface area contributed by atoms with Crippen LogP contribution >= 0.6 is 11.6 Å². The van der Waals surface area contributed by atoms with Gasteiger partial charge in [0.1, 0.15) is 10.7 Å². The van der Waals surface area contributed by atoms with Gasteiger partial charge in [-0.3, -0.25) is 0 Å². The number of halogens is 1. The van der Waals surface area contributed by atoms with Gasteiger partial charge >= 0.3 is 0 Å². The number of hydrogen-bond donors (Lipinski definition) is 1. The van der Waals surface area contributed by atoms with Gasteiger partial charge in [-0.05, 0) is 12.5 Å². The molecule has 19 heavy (non-hydrogen) atoms. The second-order valence-electron chi connectivity index (χ2n) is 4.29. The van der Waals surface area contributed by atoms with E-state index in [4.69, 9.17) is 22.1 Å². The van der Waals surface area contributed by atoms with Gasteiger partial charge in [0.2, 0.25) is 10.0 Å². The van der Waals surface area contributed by atoms with Crippen molar-refractivity contribution in [2.24, 2.45) is 0 Å². The highest BCUT2D eigenvalue weighted by molar-refractivity contribution is 7.89. The van der Waals surface area contributed by atoms with Crippen molar-refractivity contribution in [3.63, 3.8) is 0 Å². The molecule has 1 saturated heterocycles. The molecular weight excluding hydrogens is 290 g/mol. The number of nitrogens with zero attached hydrogens (tertiary/aromatic N) is 2. The molecule has 2 heterocycles. The number of pyridine rings is 1. The Bertz CT molecular complexity index is 564. The lowest BCUT2D eigenvalue weighted by atomic mass is 10.2. The summed E-state index contributed by atoms with van der Waals surface area (Å²) in [5, 5.41) is 0.141. The summed E-state index contributed by atoms with van der Waals surface area (Å²) >= 11 is 5.83. The fraction of sp³-hybridized carbons (Fsp3) is 0.545. The average Bonchev–Trinajstić information content (AvgIpc) is 2.41. The van der Waals surface area contributed by atoms with Crippen LogP contribution < -0.4 is 5.73 Å². The minimum atomic E-state index is -3.61. The molecule has 0 radical (unpaired) electrons. The van der Waals surface area contributed by atoms with Gasteiger partial charge in [0, 0.05) is 18.8 Å². The van der Waals surface area contributed by atoms with E-state index in [9.17, 15) is 8.42 Å². The van der Waals surface area contributed by atoms with Crippen molar-refractivity contribution in [1.29, 1.82) is 0 Å². The van der Waals surface area contributed by atoms with Crippen molar-refractivity contribution in [3.05, 3.63) is 17.3 Å². The van der Waals surface area contributed by atoms with Crippen LogP contribution in [0.1, 0.15) is 13.3 Å². The molecule has 1 aromatic rings. The van der Waals surface area contributed by atoms with E-state index in [1.165, 1.54) is 16.6 Å². The van der Waals surface area contributed by atoms with E-state index in [-0.39, 0.29) is 21.8 Å². The molecule has 0 bridgehead atoms. The molecule has 6 nitrogen and oxygen atoms in total. The molecular formula is C11H16ClN3O3S. The first kappa shape index (κ1) is 14.5. The lowest BCUT2D eigenvalue weighted by Crippen LogP contribution is -2.48. The predicted molar refractivity (Wildman–Crippen MR) is 72.4 cm³/mol. The zero-order chi connectivity index (χ0) is 14.0. The third-order valence-electron chi connectivity index (χ3n) is 3.10. The van der Waals surface area contributed by atoms with Gasteiger partial charge < -0.3 is 10.5 Å². The Kier molecular flexibility index (Phi) is 4.29. The van der Waals surface area contributed by atoms with Gasteiger partial charge in [-0.15, -0.1) is 0 Å². The van der Waals surface area contributed by atoms with Gasteiger partial charge in [0.05, 0.1) is 18.2 Å². The second-order valence-corrected chi connectivity index (χ2v) is 6.59. The number of sulfonamides is 1. The van der Waals surface area contributed by atoms with E-state index in [1.807, 2.05) is 6.92 Å². The lowest BCUT2D eigenvalue weighted by Gasteiger charge is -2.33. The molecule has 1 aromatic heterocycles. The standard InChI is InChI=1S/C11H16ClN3O3S/c1-2-8-7-18-4-3-15(8)19(16,17)9-5-10(12)11(13)14-6-9/h5-6,8H,2-4,7H2,1H3,(H2,13,14). The Morgan fingerprint density at radius 1 is 1.63 bits per heavy atom. The topological polar surface area (TPSA) is 85.5 Å². The monoisotopic (exact) mass is 305 g/mol. The molecule has 8 heteroatoms. The average molecular weight is 306 g/mol. The minimum Gasteiger partial charge on any atom is -0.382 e. The molecule has 0 aliphatic carbocycles. The first-order chi connectivity index (χ1) is 8.96. The zero-order valence-electron chi connectivity index (χ0n) is 10.5. The Labute approximate surface area is 117 Å². The van der Waals surface area contributed by atoms with Crippen molar-refractivity contribution in [3.8, 4) is 0 Å². The molecule has 1 unspecified atom stereocenters. The van der Waals surface area contributed by atoms with E-state index >= 15 is 0 Å². The summed E-state index contributed by atoms with van der Waals surface area (Å²) in [4.78, 5) is 3.86. The number of morpholine rings is 1. The summed E-state index contributed by atoms with van der Waals surface area (Å²) in [6.07, 6.45) is 1.92. The number of aromatic nitrogens is 1. The summed E-state index contributed by atoms with van der Waals surface area (Å²) in [6, 6.07) is 1.18. The molecule has 0 spiro atoms. The van der Waals surface area contributed by atoms with Gasteiger partial charge in [0.25, 0.3) is 0 Å². The SMILES string of the molecule is CCC1COCCN1S(=O)(=O)c1cnc(N)c(Cl)c1. The van der Waals surface area contributed by atoms with Crippen molar-refractivity contribution in [2.75, 3.05) is 25.5 Å². The highest BCUT2D eigenvalue weighted by Crippen LogP contribution is 2.25. The maximum Gasteiger partial charge on any atom is 0.245 e. The Balaban J connectivity index is 2.37. The molecule has 0 saturated carbocycles. The molecule has 1 atom stereocenters. The highest BCUT2D eigenvalue weighted by Gasteiger charge is 2.33. The first-order valence-electron chi connectivity index (χ1n) is 5.97. The molecule has 1 fully saturated rings. The Morgan fingerprint density at radius 3 is 3.00 bits per heavy atom. The number of rotatable bonds is 3. The van der Waals surface area contributed by atoms with Crippen LogP contribution in [0.2, 0.25) is 5.02 Å². The molecule has 0 amide bonds. The van der Waals surface area contributed by atoms with E-state index in [2.05, 4.69) is 4.98 Å². The van der Waals surface area contributed by atoms with Crippen molar-refractivity contribution < 1.29 is 13.2 Å². The van der Waals surface area contributed by atoms with Crippen LogP contribution in [0.5, 0.6) is 0 Å². The first-order valence-corrected chi connectivity index (χ1v) is 7.79. The largest absolute Gasteiger partial charge is 0.382 e. The van der Waals surface area contributed by atoms with Gasteiger partial charge in [-0.25, -0.2) is 13.4 Å². The van der Waals surface area contributed by atoms with Gasteiger partial charge in [-0.1, -0.05) is 18.5 Å². The number of anilines is 1. The molecule has 2 rings (SSSR count). The van der Waals surface area contributed by atoms with Gasteiger partial charge in [0.15, 0.2) is 0 Å². The van der Waals surface area contributed by atoms with Crippen LogP contribution in [0.4, 0.5) is 5.82 Å². The zero-order valence-corrected chi connectivity index (χ0v) is 12.1. The maximum absolute atomic E-state index is 12.6. The Morgan fingerprint density at radius 2 is 2.37 bits per heavy atom. The van der Waals surface area contributed by atoms with E-state index in [0.717, 1.165) is 0 Å². The normalized spacial score (nSPS) is 21.5. The number of nitrogens with two attached hydrogens (primary N) is 1. The quantitative estimate of drug-likeness (QED) is 0.904. The van der Waals surface area contributed by atoms with Crippen molar-refractivity contribution in [2.45, 2.75) is 24.3 Å². The van der Waals surface area contributed by atoms with Gasteiger partial charge in [-0.2, -0.15) is 4.31 Å². The van der Waals surface area contributed by atoms with Crippen molar-refractivity contribution >= 4 is 27.4 Å². The summed E-state index contributed by atoms with van der Waals surface area (Å²) in [7, 11) is -3.61. The third-order valence-corrected chi connectivity index (χ3v) is 5.32. The summed E-state index contributed by atoms with van der Waals surface area (Å²) in [5.41, 5.74) is 5.49. The predicted octanol–water partition coefficient (Wildman–Crippen LogP) is 1.12. The van der Waals surface area contributed by atoms with Crippen LogP contribution in [0.15, 0.2) is 17.2 Å². The summed E-state index contributed by atoms with van der Waals surface area (Å²) in [5.74, 6) is 0.120. The number of nitrogen functional groups attached to an aromatic ring is 1. The Hall–Kier alpha value is -0.890. The minimum absolute atomic E-state index is 0.0621. The van der Waals surface area contributed by atoms with Crippen LogP contribution in [0, 0.1) is 0 Å². The molecule has 106 valence electrons. The fourth-order valence-corrected chi connectivity index (χ4v) is 3.86. The van der Waals surface area contributed by atoms with Crippen LogP contribution in [-0.4, -0.2) is 43.5 Å². The third kappa shape index (κ3) is 2.84. The van der Waals surface area contributed by atoms with E-state index in [1.54, 1.807) is 0 Å². The number of ether oxygens (including phenoxy) is 1. The second kappa shape index (κ2) is 5.62. The molecule has 1 aliphatic heterocycles. The smallest absolute Gasteiger partial charge is 0.245 e. The molecule has 0 aromatic carbocycles. The maximum atomic E-state index is 12.6. The molecule has 1 aliphatic rings. The summed E-state index contributed by atoms with van der Waals surface area (Å²) < 4.78 is 31.9. The number of hydrogen-bond acceptors (Lipinski definition) is 5. The van der Waals surface area contributed by atoms with E-state index in [0.29, 0.717) is 26.2 Å². The lowest BCUT2D eigenvalue weighted by molar-refractivity contribution is 0.0314. The highest BCUT2D eigenvalue weighted by atomic mass is 35.5. The summed E-state index contributed by atoms with van der Waals surface area (Å²) in [6.45, 7) is 3.07.